The predicted molar refractivity (Wildman–Crippen MR) is 65.8 cm³/mol. The number of nitrogens with zero attached hydrogens (tertiary/aromatic N) is 1. The van der Waals surface area contributed by atoms with E-state index in [2.05, 4.69) is 4.90 Å². The fourth-order valence-corrected chi connectivity index (χ4v) is 3.57. The van der Waals surface area contributed by atoms with E-state index in [9.17, 15) is 10.2 Å². The average molecular weight is 233 g/mol. The Kier molecular flexibility index (Phi) is 2.60. The molecule has 2 unspecified atom stereocenters. The van der Waals surface area contributed by atoms with Crippen molar-refractivity contribution in [1.29, 1.82) is 0 Å². The molecule has 0 saturated carbocycles. The SMILES string of the molecule is OCC12CCCN1C(c1ccc(O)cc1)CC2. The van der Waals surface area contributed by atoms with E-state index in [0.29, 0.717) is 11.8 Å². The molecule has 1 aromatic carbocycles. The summed E-state index contributed by atoms with van der Waals surface area (Å²) in [5.74, 6) is 0.321. The first kappa shape index (κ1) is 11.1. The molecule has 2 N–H and O–H groups in total. The van der Waals surface area contributed by atoms with Crippen molar-refractivity contribution in [2.45, 2.75) is 37.3 Å². The van der Waals surface area contributed by atoms with Crippen LogP contribution in [0.3, 0.4) is 0 Å². The molecule has 2 heterocycles. The maximum atomic E-state index is 9.65. The van der Waals surface area contributed by atoms with E-state index in [4.69, 9.17) is 0 Å². The Hall–Kier alpha value is -1.06. The Morgan fingerprint density at radius 1 is 1.24 bits per heavy atom. The van der Waals surface area contributed by atoms with Gasteiger partial charge in [-0.2, -0.15) is 0 Å². The Balaban J connectivity index is 1.88. The first-order valence-electron chi connectivity index (χ1n) is 6.42. The molecule has 0 bridgehead atoms. The van der Waals surface area contributed by atoms with Gasteiger partial charge in [0.1, 0.15) is 5.75 Å². The van der Waals surface area contributed by atoms with Crippen molar-refractivity contribution in [3.8, 4) is 5.75 Å². The summed E-state index contributed by atoms with van der Waals surface area (Å²) in [7, 11) is 0. The standard InChI is InChI=1S/C14H19NO2/c16-10-14-7-1-9-15(14)13(6-8-14)11-2-4-12(17)5-3-11/h2-5,13,16-17H,1,6-10H2. The molecule has 0 spiro atoms. The molecule has 17 heavy (non-hydrogen) atoms. The highest BCUT2D eigenvalue weighted by molar-refractivity contribution is 5.29. The lowest BCUT2D eigenvalue weighted by molar-refractivity contribution is 0.0776. The van der Waals surface area contributed by atoms with Crippen molar-refractivity contribution >= 4 is 0 Å². The third kappa shape index (κ3) is 1.65. The lowest BCUT2D eigenvalue weighted by Crippen LogP contribution is -2.42. The van der Waals surface area contributed by atoms with E-state index in [0.717, 1.165) is 25.8 Å². The van der Waals surface area contributed by atoms with Gasteiger partial charge in [-0.3, -0.25) is 4.90 Å². The van der Waals surface area contributed by atoms with Gasteiger partial charge in [-0.05, 0) is 49.9 Å². The highest BCUT2D eigenvalue weighted by atomic mass is 16.3. The zero-order chi connectivity index (χ0) is 11.9. The minimum absolute atomic E-state index is 0.0442. The third-order valence-electron chi connectivity index (χ3n) is 4.48. The highest BCUT2D eigenvalue weighted by Crippen LogP contribution is 2.48. The number of phenols is 1. The quantitative estimate of drug-likeness (QED) is 0.821. The van der Waals surface area contributed by atoms with Gasteiger partial charge < -0.3 is 10.2 Å². The van der Waals surface area contributed by atoms with Crippen LogP contribution in [0.15, 0.2) is 24.3 Å². The van der Waals surface area contributed by atoms with Gasteiger partial charge in [-0.1, -0.05) is 12.1 Å². The maximum Gasteiger partial charge on any atom is 0.115 e. The van der Waals surface area contributed by atoms with Gasteiger partial charge in [0.15, 0.2) is 0 Å². The summed E-state index contributed by atoms with van der Waals surface area (Å²) in [5.41, 5.74) is 1.31. The van der Waals surface area contributed by atoms with E-state index in [1.54, 1.807) is 12.1 Å². The van der Waals surface area contributed by atoms with Gasteiger partial charge in [-0.15, -0.1) is 0 Å². The maximum absolute atomic E-state index is 9.65. The fourth-order valence-electron chi connectivity index (χ4n) is 3.57. The molecule has 2 saturated heterocycles. The van der Waals surface area contributed by atoms with Gasteiger partial charge >= 0.3 is 0 Å². The lowest BCUT2D eigenvalue weighted by atomic mass is 9.95. The molecule has 3 nitrogen and oxygen atoms in total. The van der Waals surface area contributed by atoms with Crippen LogP contribution in [0.4, 0.5) is 0 Å². The molecule has 0 aromatic heterocycles. The van der Waals surface area contributed by atoms with Crippen molar-refractivity contribution in [2.24, 2.45) is 0 Å². The van der Waals surface area contributed by atoms with Gasteiger partial charge in [0.25, 0.3) is 0 Å². The minimum Gasteiger partial charge on any atom is -0.508 e. The van der Waals surface area contributed by atoms with Crippen molar-refractivity contribution in [3.05, 3.63) is 29.8 Å². The summed E-state index contributed by atoms with van der Waals surface area (Å²) >= 11 is 0. The van der Waals surface area contributed by atoms with Gasteiger partial charge in [0, 0.05) is 11.6 Å². The molecular weight excluding hydrogens is 214 g/mol. The Morgan fingerprint density at radius 3 is 2.71 bits per heavy atom. The van der Waals surface area contributed by atoms with Crippen molar-refractivity contribution in [1.82, 2.24) is 4.90 Å². The molecular formula is C14H19NO2. The first-order valence-corrected chi connectivity index (χ1v) is 6.42. The summed E-state index contributed by atoms with van der Waals surface area (Å²) in [5, 5.41) is 19.0. The number of fused-ring (bicyclic) bond motifs is 1. The van der Waals surface area contributed by atoms with E-state index in [1.165, 1.54) is 12.0 Å². The van der Waals surface area contributed by atoms with Crippen LogP contribution < -0.4 is 0 Å². The Morgan fingerprint density at radius 2 is 2.00 bits per heavy atom. The van der Waals surface area contributed by atoms with E-state index >= 15 is 0 Å². The summed E-state index contributed by atoms with van der Waals surface area (Å²) in [6, 6.07) is 7.94. The first-order chi connectivity index (χ1) is 8.25. The molecule has 3 heteroatoms. The normalized spacial score (nSPS) is 32.9. The molecule has 2 atom stereocenters. The van der Waals surface area contributed by atoms with Crippen molar-refractivity contribution in [3.63, 3.8) is 0 Å². The van der Waals surface area contributed by atoms with Gasteiger partial charge in [-0.25, -0.2) is 0 Å². The molecule has 2 fully saturated rings. The van der Waals surface area contributed by atoms with Crippen LogP contribution in [0, 0.1) is 0 Å². The number of benzene rings is 1. The van der Waals surface area contributed by atoms with Crippen LogP contribution in [0.1, 0.15) is 37.3 Å². The highest BCUT2D eigenvalue weighted by Gasteiger charge is 2.48. The largest absolute Gasteiger partial charge is 0.508 e. The van der Waals surface area contributed by atoms with Crippen LogP contribution in [-0.4, -0.2) is 33.8 Å². The topological polar surface area (TPSA) is 43.7 Å². The van der Waals surface area contributed by atoms with Gasteiger partial charge in [0.2, 0.25) is 0 Å². The molecule has 0 radical (unpaired) electrons. The van der Waals surface area contributed by atoms with E-state index in [-0.39, 0.29) is 12.1 Å². The molecule has 3 rings (SSSR count). The lowest BCUT2D eigenvalue weighted by Gasteiger charge is -2.33. The Bertz CT molecular complexity index is 403. The van der Waals surface area contributed by atoms with Crippen LogP contribution in [0.2, 0.25) is 0 Å². The van der Waals surface area contributed by atoms with Crippen molar-refractivity contribution < 1.29 is 10.2 Å². The van der Waals surface area contributed by atoms with Crippen molar-refractivity contribution in [2.75, 3.05) is 13.2 Å². The smallest absolute Gasteiger partial charge is 0.115 e. The Labute approximate surface area is 102 Å². The minimum atomic E-state index is 0.0442. The van der Waals surface area contributed by atoms with E-state index < -0.39 is 0 Å². The number of aromatic hydroxyl groups is 1. The molecule has 0 amide bonds. The second-order valence-corrected chi connectivity index (χ2v) is 5.33. The molecule has 92 valence electrons. The number of hydrogen-bond acceptors (Lipinski definition) is 3. The number of aliphatic hydroxyl groups is 1. The summed E-state index contributed by atoms with van der Waals surface area (Å²) in [6.45, 7) is 1.37. The number of hydrogen-bond donors (Lipinski definition) is 2. The molecule has 2 aliphatic heterocycles. The zero-order valence-corrected chi connectivity index (χ0v) is 9.97. The summed E-state index contributed by atoms with van der Waals surface area (Å²) in [4.78, 5) is 2.47. The second kappa shape index (κ2) is 4.00. The van der Waals surface area contributed by atoms with Crippen LogP contribution in [0.5, 0.6) is 5.75 Å². The van der Waals surface area contributed by atoms with Crippen LogP contribution >= 0.6 is 0 Å². The molecule has 0 aliphatic carbocycles. The number of rotatable bonds is 2. The number of aliphatic hydroxyl groups excluding tert-OH is 1. The summed E-state index contributed by atoms with van der Waals surface area (Å²) < 4.78 is 0. The third-order valence-corrected chi connectivity index (χ3v) is 4.48. The predicted octanol–water partition coefficient (Wildman–Crippen LogP) is 2.05. The average Bonchev–Trinajstić information content (AvgIpc) is 2.89. The monoisotopic (exact) mass is 233 g/mol. The van der Waals surface area contributed by atoms with Crippen LogP contribution in [-0.2, 0) is 0 Å². The number of phenolic OH excluding ortho intramolecular Hbond substituents is 1. The molecule has 2 aliphatic rings. The van der Waals surface area contributed by atoms with E-state index in [1.807, 2.05) is 12.1 Å². The second-order valence-electron chi connectivity index (χ2n) is 5.33. The fraction of sp³-hybridized carbons (Fsp3) is 0.571. The summed E-state index contributed by atoms with van der Waals surface area (Å²) in [6.07, 6.45) is 4.52. The van der Waals surface area contributed by atoms with Crippen LogP contribution in [0.25, 0.3) is 0 Å². The molecule has 1 aromatic rings. The van der Waals surface area contributed by atoms with Gasteiger partial charge in [0.05, 0.1) is 6.61 Å². The zero-order valence-electron chi connectivity index (χ0n) is 9.97.